The highest BCUT2D eigenvalue weighted by molar-refractivity contribution is 5.94. The van der Waals surface area contributed by atoms with Crippen molar-refractivity contribution in [2.24, 2.45) is 22.4 Å². The molecule has 0 aliphatic carbocycles. The quantitative estimate of drug-likeness (QED) is 0.0690. The van der Waals surface area contributed by atoms with E-state index in [0.29, 0.717) is 19.4 Å². The Labute approximate surface area is 203 Å². The molecule has 5 unspecified atom stereocenters. The van der Waals surface area contributed by atoms with Gasteiger partial charge in [-0.1, -0.05) is 20.3 Å². The molecule has 0 saturated carbocycles. The highest BCUT2D eigenvalue weighted by Crippen LogP contribution is 2.12. The Morgan fingerprint density at radius 2 is 1.71 bits per heavy atom. The third-order valence-corrected chi connectivity index (χ3v) is 5.74. The number of hydrogen-bond acceptors (Lipinski definition) is 7. The molecule has 1 aliphatic heterocycles. The van der Waals surface area contributed by atoms with Gasteiger partial charge < -0.3 is 42.9 Å². The first-order valence-electron chi connectivity index (χ1n) is 11.6. The molecular formula is C21H37N7O7. The average molecular weight is 500 g/mol. The molecule has 5 atom stereocenters. The topological polar surface area (TPSA) is 238 Å². The van der Waals surface area contributed by atoms with Crippen molar-refractivity contribution in [2.75, 3.05) is 13.1 Å². The van der Waals surface area contributed by atoms with Crippen LogP contribution in [0.15, 0.2) is 4.99 Å². The van der Waals surface area contributed by atoms with Gasteiger partial charge in [0.15, 0.2) is 5.96 Å². The number of nitrogens with one attached hydrogen (secondary N) is 4. The molecule has 0 spiro atoms. The summed E-state index contributed by atoms with van der Waals surface area (Å²) in [6, 6.07) is -4.23. The van der Waals surface area contributed by atoms with Gasteiger partial charge in [0.05, 0.1) is 12.5 Å². The van der Waals surface area contributed by atoms with Crippen molar-refractivity contribution < 1.29 is 34.2 Å². The Morgan fingerprint density at radius 1 is 1.06 bits per heavy atom. The summed E-state index contributed by atoms with van der Waals surface area (Å²) in [7, 11) is 0. The summed E-state index contributed by atoms with van der Waals surface area (Å²) in [6.07, 6.45) is 1.53. The van der Waals surface area contributed by atoms with Crippen LogP contribution in [0.2, 0.25) is 0 Å². The zero-order valence-corrected chi connectivity index (χ0v) is 20.1. The molecule has 0 aromatic carbocycles. The average Bonchev–Trinajstić information content (AvgIpc) is 3.32. The predicted molar refractivity (Wildman–Crippen MR) is 126 cm³/mol. The molecule has 1 rings (SSSR count). The summed E-state index contributed by atoms with van der Waals surface area (Å²) in [5, 5.41) is 28.7. The first kappa shape index (κ1) is 29.6. The van der Waals surface area contributed by atoms with E-state index in [1.54, 1.807) is 6.92 Å². The van der Waals surface area contributed by atoms with E-state index in [-0.39, 0.29) is 37.2 Å². The molecule has 1 heterocycles. The van der Waals surface area contributed by atoms with E-state index in [1.165, 1.54) is 0 Å². The number of aliphatic carboxylic acids is 2. The summed E-state index contributed by atoms with van der Waals surface area (Å²) in [5.74, 6) is -5.15. The van der Waals surface area contributed by atoms with Gasteiger partial charge in [-0.15, -0.1) is 0 Å². The summed E-state index contributed by atoms with van der Waals surface area (Å²) < 4.78 is 0. The maximum atomic E-state index is 13.1. The Balaban J connectivity index is 3.00. The van der Waals surface area contributed by atoms with Gasteiger partial charge in [0.2, 0.25) is 17.7 Å². The van der Waals surface area contributed by atoms with E-state index in [9.17, 15) is 29.1 Å². The van der Waals surface area contributed by atoms with Gasteiger partial charge in [-0.3, -0.25) is 24.2 Å². The zero-order valence-electron chi connectivity index (χ0n) is 20.1. The molecule has 0 radical (unpaired) electrons. The van der Waals surface area contributed by atoms with Crippen molar-refractivity contribution in [1.82, 2.24) is 21.3 Å². The van der Waals surface area contributed by atoms with E-state index < -0.39 is 54.3 Å². The maximum absolute atomic E-state index is 13.1. The van der Waals surface area contributed by atoms with Crippen LogP contribution >= 0.6 is 0 Å². The summed E-state index contributed by atoms with van der Waals surface area (Å²) in [6.45, 7) is 4.50. The van der Waals surface area contributed by atoms with Gasteiger partial charge in [-0.05, 0) is 38.1 Å². The molecule has 0 bridgehead atoms. The second-order valence-electron chi connectivity index (χ2n) is 8.53. The van der Waals surface area contributed by atoms with Crippen molar-refractivity contribution >= 4 is 35.6 Å². The standard InChI is InChI=1S/C21H37N7O7/c1-3-11(2)16(28-17(31)12-6-4-8-24-12)19(33)26-13(7-5-9-25-21(22)23)18(32)27-14(20(34)35)10-15(29)30/h11-14,16,24H,3-10H2,1-2H3,(H,26,33)(H,27,32)(H,28,31)(H,29,30)(H,34,35)(H4,22,23,25). The fraction of sp³-hybridized carbons (Fsp3) is 0.714. The van der Waals surface area contributed by atoms with Gasteiger partial charge in [0.1, 0.15) is 18.1 Å². The number of carbonyl (C=O) groups excluding carboxylic acids is 3. The molecule has 3 amide bonds. The van der Waals surface area contributed by atoms with Crippen molar-refractivity contribution in [2.45, 2.75) is 76.5 Å². The lowest BCUT2D eigenvalue weighted by Gasteiger charge is -2.28. The molecular weight excluding hydrogens is 462 g/mol. The van der Waals surface area contributed by atoms with E-state index in [2.05, 4.69) is 26.3 Å². The third kappa shape index (κ3) is 10.6. The number of aliphatic imine (C=N–C) groups is 1. The van der Waals surface area contributed by atoms with Crippen LogP contribution in [0.3, 0.4) is 0 Å². The number of guanidine groups is 1. The van der Waals surface area contributed by atoms with Crippen molar-refractivity contribution in [3.63, 3.8) is 0 Å². The van der Waals surface area contributed by atoms with Crippen molar-refractivity contribution in [1.29, 1.82) is 0 Å². The predicted octanol–water partition coefficient (Wildman–Crippen LogP) is -2.15. The third-order valence-electron chi connectivity index (χ3n) is 5.74. The minimum Gasteiger partial charge on any atom is -0.481 e. The van der Waals surface area contributed by atoms with Crippen molar-refractivity contribution in [3.8, 4) is 0 Å². The van der Waals surface area contributed by atoms with E-state index >= 15 is 0 Å². The van der Waals surface area contributed by atoms with Gasteiger partial charge in [0.25, 0.3) is 0 Å². The van der Waals surface area contributed by atoms with Gasteiger partial charge in [-0.2, -0.15) is 0 Å². The number of carboxylic acids is 2. The lowest BCUT2D eigenvalue weighted by Crippen LogP contribution is -2.58. The smallest absolute Gasteiger partial charge is 0.326 e. The zero-order chi connectivity index (χ0) is 26.5. The second kappa shape index (κ2) is 14.8. The number of amides is 3. The molecule has 1 aliphatic rings. The van der Waals surface area contributed by atoms with Crippen LogP contribution in [0.25, 0.3) is 0 Å². The lowest BCUT2D eigenvalue weighted by atomic mass is 9.97. The Morgan fingerprint density at radius 3 is 2.23 bits per heavy atom. The summed E-state index contributed by atoms with van der Waals surface area (Å²) in [4.78, 5) is 64.7. The maximum Gasteiger partial charge on any atom is 0.326 e. The molecule has 14 heteroatoms. The number of hydrogen-bond donors (Lipinski definition) is 8. The number of carbonyl (C=O) groups is 5. The number of nitrogens with zero attached hydrogens (tertiary/aromatic N) is 1. The molecule has 14 nitrogen and oxygen atoms in total. The van der Waals surface area contributed by atoms with Crippen LogP contribution in [0.1, 0.15) is 52.4 Å². The Hall–Kier alpha value is -3.42. The normalized spacial score (nSPS) is 18.4. The Bertz CT molecular complexity index is 795. The first-order chi connectivity index (χ1) is 16.5. The highest BCUT2D eigenvalue weighted by atomic mass is 16.4. The summed E-state index contributed by atoms with van der Waals surface area (Å²) >= 11 is 0. The molecule has 0 aromatic heterocycles. The number of nitrogens with two attached hydrogens (primary N) is 2. The van der Waals surface area contributed by atoms with Crippen LogP contribution in [-0.4, -0.2) is 83.1 Å². The molecule has 10 N–H and O–H groups in total. The van der Waals surface area contributed by atoms with Crippen LogP contribution in [0.4, 0.5) is 0 Å². The minimum absolute atomic E-state index is 0.0408. The second-order valence-corrected chi connectivity index (χ2v) is 8.53. The minimum atomic E-state index is -1.68. The fourth-order valence-corrected chi connectivity index (χ4v) is 3.55. The lowest BCUT2D eigenvalue weighted by molar-refractivity contribution is -0.147. The SMILES string of the molecule is CCC(C)C(NC(=O)C1CCCN1)C(=O)NC(CCCN=C(N)N)C(=O)NC(CC(=O)O)C(=O)O. The van der Waals surface area contributed by atoms with Crippen LogP contribution in [-0.2, 0) is 24.0 Å². The van der Waals surface area contributed by atoms with Crippen LogP contribution in [0, 0.1) is 5.92 Å². The van der Waals surface area contributed by atoms with E-state index in [0.717, 1.165) is 6.42 Å². The number of carboxylic acid groups (broad SMARTS) is 2. The largest absolute Gasteiger partial charge is 0.481 e. The molecule has 35 heavy (non-hydrogen) atoms. The van der Waals surface area contributed by atoms with Crippen LogP contribution in [0.5, 0.6) is 0 Å². The number of rotatable bonds is 15. The molecule has 1 saturated heterocycles. The van der Waals surface area contributed by atoms with Crippen LogP contribution < -0.4 is 32.7 Å². The highest BCUT2D eigenvalue weighted by Gasteiger charge is 2.33. The summed E-state index contributed by atoms with van der Waals surface area (Å²) in [5.41, 5.74) is 10.6. The van der Waals surface area contributed by atoms with E-state index in [4.69, 9.17) is 16.6 Å². The van der Waals surface area contributed by atoms with E-state index in [1.807, 2.05) is 6.92 Å². The first-order valence-corrected chi connectivity index (χ1v) is 11.6. The monoisotopic (exact) mass is 499 g/mol. The Kier molecular flexibility index (Phi) is 12.5. The fourth-order valence-electron chi connectivity index (χ4n) is 3.55. The molecule has 198 valence electrons. The van der Waals surface area contributed by atoms with Crippen molar-refractivity contribution in [3.05, 3.63) is 0 Å². The van der Waals surface area contributed by atoms with Gasteiger partial charge in [0, 0.05) is 6.54 Å². The van der Waals surface area contributed by atoms with Gasteiger partial charge >= 0.3 is 11.9 Å². The molecule has 1 fully saturated rings. The van der Waals surface area contributed by atoms with Gasteiger partial charge in [-0.25, -0.2) is 4.79 Å². The molecule has 0 aromatic rings.